The third-order valence-electron chi connectivity index (χ3n) is 2.43. The average molecular weight is 201 g/mol. The topological polar surface area (TPSA) is 12.5 Å². The number of hydrogen-bond acceptors (Lipinski definition) is 2. The normalized spacial score (nSPS) is 16.9. The lowest BCUT2D eigenvalue weighted by Gasteiger charge is -2.25. The molecule has 0 N–H and O–H groups in total. The average Bonchev–Trinajstić information content (AvgIpc) is 2.73. The second kappa shape index (κ2) is 9.47. The minimum Gasteiger partial charge on any atom is -0.299 e. The van der Waals surface area contributed by atoms with E-state index < -0.39 is 0 Å². The van der Waals surface area contributed by atoms with Crippen molar-refractivity contribution >= 4 is 0 Å². The number of hydroxylamine groups is 2. The molecule has 0 atom stereocenters. The zero-order chi connectivity index (χ0) is 10.8. The highest BCUT2D eigenvalue weighted by Gasteiger charge is 2.21. The quantitative estimate of drug-likeness (QED) is 0.673. The van der Waals surface area contributed by atoms with E-state index in [9.17, 15) is 0 Å². The molecule has 86 valence electrons. The van der Waals surface area contributed by atoms with Crippen molar-refractivity contribution in [3.05, 3.63) is 0 Å². The van der Waals surface area contributed by atoms with E-state index in [0.29, 0.717) is 6.04 Å². The van der Waals surface area contributed by atoms with Crippen molar-refractivity contribution in [1.82, 2.24) is 5.06 Å². The first-order chi connectivity index (χ1) is 6.88. The Labute approximate surface area is 89.6 Å². The van der Waals surface area contributed by atoms with Gasteiger partial charge in [0.05, 0.1) is 6.61 Å². The summed E-state index contributed by atoms with van der Waals surface area (Å²) >= 11 is 0. The second-order valence-corrected chi connectivity index (χ2v) is 3.56. The Bertz CT molecular complexity index is 105. The van der Waals surface area contributed by atoms with Gasteiger partial charge in [-0.05, 0) is 19.3 Å². The molecule has 0 bridgehead atoms. The summed E-state index contributed by atoms with van der Waals surface area (Å²) < 4.78 is 0. The maximum atomic E-state index is 5.55. The molecule has 1 aliphatic rings. The molecule has 0 aliphatic carbocycles. The van der Waals surface area contributed by atoms with E-state index in [1.165, 1.54) is 32.1 Å². The molecule has 0 radical (unpaired) electrons. The molecule has 1 saturated heterocycles. The van der Waals surface area contributed by atoms with Crippen molar-refractivity contribution in [3.63, 3.8) is 0 Å². The smallest absolute Gasteiger partial charge is 0.0698 e. The minimum absolute atomic E-state index is 0.683. The van der Waals surface area contributed by atoms with Gasteiger partial charge < -0.3 is 0 Å². The van der Waals surface area contributed by atoms with E-state index in [4.69, 9.17) is 4.84 Å². The van der Waals surface area contributed by atoms with Crippen molar-refractivity contribution in [2.24, 2.45) is 0 Å². The lowest BCUT2D eigenvalue weighted by molar-refractivity contribution is -0.144. The molecule has 1 rings (SSSR count). The van der Waals surface area contributed by atoms with Crippen LogP contribution in [0, 0.1) is 0 Å². The van der Waals surface area contributed by atoms with Crippen LogP contribution in [0.2, 0.25) is 0 Å². The molecular weight excluding hydrogens is 174 g/mol. The van der Waals surface area contributed by atoms with Crippen LogP contribution in [0.25, 0.3) is 0 Å². The molecule has 0 aromatic rings. The van der Waals surface area contributed by atoms with Crippen LogP contribution in [-0.4, -0.2) is 24.3 Å². The number of rotatable bonds is 5. The Kier molecular flexibility index (Phi) is 9.42. The van der Waals surface area contributed by atoms with Gasteiger partial charge in [-0.2, -0.15) is 5.06 Å². The molecule has 1 aliphatic heterocycles. The molecule has 0 aromatic heterocycles. The first kappa shape index (κ1) is 13.9. The SMILES string of the molecule is CC.CCCC(CCC)N1CCCO1. The summed E-state index contributed by atoms with van der Waals surface area (Å²) in [6.07, 6.45) is 6.32. The van der Waals surface area contributed by atoms with Crippen molar-refractivity contribution in [1.29, 1.82) is 0 Å². The fourth-order valence-electron chi connectivity index (χ4n) is 1.85. The molecule has 2 nitrogen and oxygen atoms in total. The van der Waals surface area contributed by atoms with Gasteiger partial charge in [-0.15, -0.1) is 0 Å². The van der Waals surface area contributed by atoms with E-state index in [1.807, 2.05) is 13.8 Å². The highest BCUT2D eigenvalue weighted by atomic mass is 16.7. The van der Waals surface area contributed by atoms with E-state index in [2.05, 4.69) is 18.9 Å². The van der Waals surface area contributed by atoms with E-state index in [-0.39, 0.29) is 0 Å². The summed E-state index contributed by atoms with van der Waals surface area (Å²) in [6, 6.07) is 0.683. The first-order valence-electron chi connectivity index (χ1n) is 6.28. The summed E-state index contributed by atoms with van der Waals surface area (Å²) in [4.78, 5) is 5.55. The van der Waals surface area contributed by atoms with Gasteiger partial charge in [-0.25, -0.2) is 0 Å². The van der Waals surface area contributed by atoms with Gasteiger partial charge in [-0.3, -0.25) is 4.84 Å². The fraction of sp³-hybridized carbons (Fsp3) is 1.00. The Morgan fingerprint density at radius 2 is 1.71 bits per heavy atom. The Hall–Kier alpha value is -0.0800. The van der Waals surface area contributed by atoms with Gasteiger partial charge >= 0.3 is 0 Å². The van der Waals surface area contributed by atoms with Crippen LogP contribution in [0.15, 0.2) is 0 Å². The van der Waals surface area contributed by atoms with E-state index in [0.717, 1.165) is 13.2 Å². The third-order valence-corrected chi connectivity index (χ3v) is 2.43. The number of nitrogens with zero attached hydrogens (tertiary/aromatic N) is 1. The van der Waals surface area contributed by atoms with Crippen molar-refractivity contribution in [2.45, 2.75) is 65.8 Å². The number of hydrogen-bond donors (Lipinski definition) is 0. The molecule has 0 saturated carbocycles. The van der Waals surface area contributed by atoms with Gasteiger partial charge in [-0.1, -0.05) is 40.5 Å². The summed E-state index contributed by atoms with van der Waals surface area (Å²) in [7, 11) is 0. The van der Waals surface area contributed by atoms with Crippen molar-refractivity contribution < 1.29 is 4.84 Å². The highest BCUT2D eigenvalue weighted by Crippen LogP contribution is 2.17. The van der Waals surface area contributed by atoms with E-state index >= 15 is 0 Å². The summed E-state index contributed by atoms with van der Waals surface area (Å²) in [6.45, 7) is 10.6. The molecule has 14 heavy (non-hydrogen) atoms. The van der Waals surface area contributed by atoms with Crippen LogP contribution < -0.4 is 0 Å². The Balaban J connectivity index is 0.000000791. The van der Waals surface area contributed by atoms with Gasteiger partial charge in [0.2, 0.25) is 0 Å². The van der Waals surface area contributed by atoms with Crippen LogP contribution in [0.4, 0.5) is 0 Å². The van der Waals surface area contributed by atoms with Crippen molar-refractivity contribution in [2.75, 3.05) is 13.2 Å². The third kappa shape index (κ3) is 4.97. The van der Waals surface area contributed by atoms with Crippen LogP contribution in [-0.2, 0) is 4.84 Å². The largest absolute Gasteiger partial charge is 0.299 e. The van der Waals surface area contributed by atoms with Gasteiger partial charge in [0.25, 0.3) is 0 Å². The zero-order valence-electron chi connectivity index (χ0n) is 10.4. The molecule has 0 spiro atoms. The van der Waals surface area contributed by atoms with Crippen LogP contribution in [0.1, 0.15) is 59.8 Å². The lowest BCUT2D eigenvalue weighted by Crippen LogP contribution is -2.31. The monoisotopic (exact) mass is 201 g/mol. The zero-order valence-corrected chi connectivity index (χ0v) is 10.4. The fourth-order valence-corrected chi connectivity index (χ4v) is 1.85. The molecular formula is C12H27NO. The Morgan fingerprint density at radius 1 is 1.14 bits per heavy atom. The summed E-state index contributed by atoms with van der Waals surface area (Å²) in [5.41, 5.74) is 0. The molecule has 0 unspecified atom stereocenters. The maximum Gasteiger partial charge on any atom is 0.0698 e. The van der Waals surface area contributed by atoms with Crippen LogP contribution in [0.3, 0.4) is 0 Å². The summed E-state index contributed by atoms with van der Waals surface area (Å²) in [5, 5.41) is 2.20. The highest BCUT2D eigenvalue weighted by molar-refractivity contribution is 4.67. The lowest BCUT2D eigenvalue weighted by atomic mass is 10.1. The maximum absolute atomic E-state index is 5.55. The molecule has 0 aromatic carbocycles. The minimum atomic E-state index is 0.683. The predicted octanol–water partition coefficient (Wildman–Crippen LogP) is 3.62. The molecule has 1 heterocycles. The molecule has 0 amide bonds. The molecule has 2 heteroatoms. The predicted molar refractivity (Wildman–Crippen MR) is 62.2 cm³/mol. The van der Waals surface area contributed by atoms with Gasteiger partial charge in [0.15, 0.2) is 0 Å². The molecule has 1 fully saturated rings. The van der Waals surface area contributed by atoms with Crippen LogP contribution >= 0.6 is 0 Å². The first-order valence-corrected chi connectivity index (χ1v) is 6.28. The summed E-state index contributed by atoms with van der Waals surface area (Å²) in [5.74, 6) is 0. The second-order valence-electron chi connectivity index (χ2n) is 3.56. The van der Waals surface area contributed by atoms with Gasteiger partial charge in [0, 0.05) is 12.6 Å². The standard InChI is InChI=1S/C10H21NO.C2H6/c1-3-6-10(7-4-2)11-8-5-9-12-11;1-2/h10H,3-9H2,1-2H3;1-2H3. The van der Waals surface area contributed by atoms with E-state index in [1.54, 1.807) is 0 Å². The van der Waals surface area contributed by atoms with Crippen LogP contribution in [0.5, 0.6) is 0 Å². The van der Waals surface area contributed by atoms with Crippen molar-refractivity contribution in [3.8, 4) is 0 Å². The Morgan fingerprint density at radius 3 is 2.07 bits per heavy atom. The van der Waals surface area contributed by atoms with Gasteiger partial charge in [0.1, 0.15) is 0 Å².